The number of aliphatic carboxylic acids is 2. The van der Waals surface area contributed by atoms with Gasteiger partial charge >= 0.3 is 5.97 Å². The van der Waals surface area contributed by atoms with Crippen LogP contribution in [0.2, 0.25) is 0 Å². The summed E-state index contributed by atoms with van der Waals surface area (Å²) in [5.74, 6) is 0.552. The molecule has 0 aromatic carbocycles. The highest BCUT2D eigenvalue weighted by atomic mass is 16.4. The topological polar surface area (TPSA) is 162 Å². The molecule has 0 radical (unpaired) electrons. The smallest absolute Gasteiger partial charge is 0.303 e. The minimum Gasteiger partial charge on any atom is -0.550 e. The molecule has 9 heteroatoms. The number of ketones is 4. The van der Waals surface area contributed by atoms with Crippen LogP contribution in [0.4, 0.5) is 0 Å². The van der Waals surface area contributed by atoms with Gasteiger partial charge in [-0.25, -0.2) is 0 Å². The molecule has 43 heavy (non-hydrogen) atoms. The summed E-state index contributed by atoms with van der Waals surface area (Å²) in [4.78, 5) is 61.7. The van der Waals surface area contributed by atoms with Gasteiger partial charge in [0.2, 0.25) is 0 Å². The van der Waals surface area contributed by atoms with Gasteiger partial charge in [0.1, 0.15) is 23.1 Å². The summed E-state index contributed by atoms with van der Waals surface area (Å²) >= 11 is 0. The molecule has 5 rings (SSSR count). The number of Topliss-reactive ketones (excluding diaryl/α,β-unsaturated/α-hetero) is 4. The van der Waals surface area contributed by atoms with Crippen LogP contribution in [-0.4, -0.2) is 52.3 Å². The van der Waals surface area contributed by atoms with Crippen molar-refractivity contribution in [2.75, 3.05) is 0 Å². The summed E-state index contributed by atoms with van der Waals surface area (Å²) in [5.41, 5.74) is 0. The fraction of sp³-hybridized carbons (Fsp3) is 0.824. The molecule has 5 saturated carbocycles. The maximum atomic E-state index is 10.5. The largest absolute Gasteiger partial charge is 0.550 e. The van der Waals surface area contributed by atoms with Crippen molar-refractivity contribution in [2.45, 2.75) is 160 Å². The number of carbonyl (C=O) groups is 6. The highest BCUT2D eigenvalue weighted by Crippen LogP contribution is 2.28. The van der Waals surface area contributed by atoms with Crippen LogP contribution >= 0.6 is 0 Å². The van der Waals surface area contributed by atoms with Crippen molar-refractivity contribution < 1.29 is 44.3 Å². The van der Waals surface area contributed by atoms with Crippen LogP contribution < -0.4 is 10.4 Å². The van der Waals surface area contributed by atoms with Gasteiger partial charge < -0.3 is 25.1 Å². The van der Waals surface area contributed by atoms with Crippen molar-refractivity contribution >= 4 is 35.1 Å². The van der Waals surface area contributed by atoms with Gasteiger partial charge in [-0.05, 0) is 102 Å². The number of carbonyl (C=O) groups excluding carboxylic acids is 5. The van der Waals surface area contributed by atoms with Crippen LogP contribution in [0.3, 0.4) is 0 Å². The molecule has 0 amide bonds. The Bertz CT molecular complexity index is 789. The van der Waals surface area contributed by atoms with Crippen molar-refractivity contribution in [3.05, 3.63) is 0 Å². The van der Waals surface area contributed by atoms with Crippen molar-refractivity contribution in [3.63, 3.8) is 0 Å². The van der Waals surface area contributed by atoms with Gasteiger partial charge in [-0.1, -0.05) is 12.8 Å². The zero-order chi connectivity index (χ0) is 31.6. The molecule has 0 aromatic heterocycles. The first-order valence-corrected chi connectivity index (χ1v) is 16.8. The number of rotatable bonds is 11. The predicted octanol–water partition coefficient (Wildman–Crippen LogP) is 3.88. The van der Waals surface area contributed by atoms with E-state index in [0.29, 0.717) is 81.3 Å². The van der Waals surface area contributed by atoms with E-state index in [9.17, 15) is 33.9 Å². The first kappa shape index (κ1) is 36.8. The molecule has 244 valence electrons. The SMILES string of the molecule is C1CCC([NH2+]C2CCCCC2)CC1.CC(=O)CCC1CC(=O)C1.O=C(O)CCC1CC(=O)C1.O=C([O-])CCC1CC(=O)C1. The van der Waals surface area contributed by atoms with Crippen LogP contribution in [-0.2, 0) is 28.8 Å². The average molecular weight is 606 g/mol. The van der Waals surface area contributed by atoms with Gasteiger partial charge in [-0.2, -0.15) is 0 Å². The molecule has 0 saturated heterocycles. The molecule has 5 aliphatic rings. The Kier molecular flexibility index (Phi) is 17.5. The van der Waals surface area contributed by atoms with Crippen molar-refractivity contribution in [1.29, 1.82) is 0 Å². The highest BCUT2D eigenvalue weighted by Gasteiger charge is 2.27. The fourth-order valence-corrected chi connectivity index (χ4v) is 6.46. The number of quaternary nitrogens is 1. The fourth-order valence-electron chi connectivity index (χ4n) is 6.46. The molecule has 5 aliphatic carbocycles. The van der Waals surface area contributed by atoms with Crippen LogP contribution in [0, 0.1) is 17.8 Å². The number of hydrogen-bond donors (Lipinski definition) is 2. The molecule has 5 fully saturated rings. The molecule has 0 heterocycles. The lowest BCUT2D eigenvalue weighted by atomic mass is 9.80. The number of nitrogens with two attached hydrogens (primary N) is 1. The lowest BCUT2D eigenvalue weighted by molar-refractivity contribution is -0.725. The zero-order valence-electron chi connectivity index (χ0n) is 26.3. The van der Waals surface area contributed by atoms with Gasteiger partial charge in [0.05, 0.1) is 12.1 Å². The summed E-state index contributed by atoms with van der Waals surface area (Å²) in [6, 6.07) is 1.99. The normalized spacial score (nSPS) is 21.4. The molecule has 3 N–H and O–H groups in total. The number of carboxylic acids is 2. The molecule has 0 aliphatic heterocycles. The molecule has 0 unspecified atom stereocenters. The van der Waals surface area contributed by atoms with Crippen molar-refractivity contribution in [1.82, 2.24) is 0 Å². The second-order valence-corrected chi connectivity index (χ2v) is 13.5. The summed E-state index contributed by atoms with van der Waals surface area (Å²) in [5, 5.41) is 20.9. The molecule has 0 bridgehead atoms. The Balaban J connectivity index is 0.000000202. The summed E-state index contributed by atoms with van der Waals surface area (Å²) in [7, 11) is 0. The van der Waals surface area contributed by atoms with Crippen molar-refractivity contribution in [3.8, 4) is 0 Å². The zero-order valence-corrected chi connectivity index (χ0v) is 26.3. The van der Waals surface area contributed by atoms with Crippen LogP contribution in [0.25, 0.3) is 0 Å². The summed E-state index contributed by atoms with van der Waals surface area (Å²) in [6.07, 6.45) is 21.9. The highest BCUT2D eigenvalue weighted by molar-refractivity contribution is 5.85. The van der Waals surface area contributed by atoms with E-state index in [1.165, 1.54) is 64.2 Å². The Labute approximate surface area is 257 Å². The molecular formula is C34H55NO8. The van der Waals surface area contributed by atoms with E-state index < -0.39 is 11.9 Å². The van der Waals surface area contributed by atoms with E-state index in [0.717, 1.165) is 18.5 Å². The number of carboxylic acid groups (broad SMARTS) is 2. The summed E-state index contributed by atoms with van der Waals surface area (Å²) < 4.78 is 0. The monoisotopic (exact) mass is 605 g/mol. The minimum absolute atomic E-state index is 0.0952. The number of hydrogen-bond acceptors (Lipinski definition) is 7. The van der Waals surface area contributed by atoms with Crippen molar-refractivity contribution in [2.24, 2.45) is 17.8 Å². The summed E-state index contributed by atoms with van der Waals surface area (Å²) in [6.45, 7) is 1.60. The molecular weight excluding hydrogens is 550 g/mol. The van der Waals surface area contributed by atoms with E-state index in [-0.39, 0.29) is 30.2 Å². The van der Waals surface area contributed by atoms with Crippen LogP contribution in [0.5, 0.6) is 0 Å². The third-order valence-corrected chi connectivity index (χ3v) is 9.37. The van der Waals surface area contributed by atoms with E-state index in [1.807, 2.05) is 0 Å². The molecule has 0 spiro atoms. The van der Waals surface area contributed by atoms with Gasteiger partial charge in [-0.3, -0.25) is 19.2 Å². The first-order valence-electron chi connectivity index (χ1n) is 16.8. The van der Waals surface area contributed by atoms with Gasteiger partial charge in [-0.15, -0.1) is 0 Å². The Morgan fingerprint density at radius 2 is 0.977 bits per heavy atom. The maximum absolute atomic E-state index is 10.5. The Hall–Kier alpha value is -2.42. The molecule has 0 atom stereocenters. The molecule has 9 nitrogen and oxygen atoms in total. The maximum Gasteiger partial charge on any atom is 0.303 e. The van der Waals surface area contributed by atoms with Gasteiger partial charge in [0, 0.05) is 57.3 Å². The lowest BCUT2D eigenvalue weighted by Gasteiger charge is -2.27. The average Bonchev–Trinajstić information content (AvgIpc) is 2.92. The third-order valence-electron chi connectivity index (χ3n) is 9.37. The van der Waals surface area contributed by atoms with E-state index in [1.54, 1.807) is 6.92 Å². The quantitative estimate of drug-likeness (QED) is 0.359. The second kappa shape index (κ2) is 20.5. The van der Waals surface area contributed by atoms with E-state index in [2.05, 4.69) is 5.32 Å². The first-order chi connectivity index (χ1) is 20.5. The molecule has 0 aromatic rings. The van der Waals surface area contributed by atoms with E-state index in [4.69, 9.17) is 5.11 Å². The van der Waals surface area contributed by atoms with Crippen LogP contribution in [0.1, 0.15) is 148 Å². The lowest BCUT2D eigenvalue weighted by Crippen LogP contribution is -2.95. The van der Waals surface area contributed by atoms with Gasteiger partial charge in [0.15, 0.2) is 0 Å². The minimum atomic E-state index is -1.01. The van der Waals surface area contributed by atoms with Gasteiger partial charge in [0.25, 0.3) is 0 Å². The third kappa shape index (κ3) is 17.5. The Morgan fingerprint density at radius 1 is 0.628 bits per heavy atom. The second-order valence-electron chi connectivity index (χ2n) is 13.5. The Morgan fingerprint density at radius 3 is 1.28 bits per heavy atom. The standard InChI is InChI=1S/C12H23N.C8H12O2.2C7H10O3/c1-3-7-11(8-4-1)13-12-9-5-2-6-10-12;1-6(9)2-3-7-4-8(10)5-7;2*8-6-3-5(4-6)1-2-7(9)10/h11-13H,1-10H2;7H,2-5H2,1H3;2*5H,1-4H2,(H,9,10). The van der Waals surface area contributed by atoms with Crippen LogP contribution in [0.15, 0.2) is 0 Å². The predicted molar refractivity (Wildman–Crippen MR) is 160 cm³/mol. The van der Waals surface area contributed by atoms with E-state index >= 15 is 0 Å².